The van der Waals surface area contributed by atoms with Gasteiger partial charge in [-0.05, 0) is 6.07 Å². The van der Waals surface area contributed by atoms with E-state index in [2.05, 4.69) is 4.98 Å². The van der Waals surface area contributed by atoms with Gasteiger partial charge in [-0.2, -0.15) is 9.37 Å². The van der Waals surface area contributed by atoms with Crippen LogP contribution in [0.15, 0.2) is 18.2 Å². The molecule has 0 spiro atoms. The number of carbonyl (C=O) groups excluding carboxylic acids is 1. The average Bonchev–Trinajstić information content (AvgIpc) is 2.40. The van der Waals surface area contributed by atoms with Crippen molar-refractivity contribution in [1.29, 1.82) is 0 Å². The average molecular weight is 268 g/mol. The van der Waals surface area contributed by atoms with Crippen molar-refractivity contribution in [2.75, 3.05) is 26.8 Å². The standard InChI is InChI=1S/C13H17FN2O3/c1-18-9-13(17)16-7-5-10(6-8-16)19-12-4-2-3-11(14)15-12/h2-4,10H,5-9H2,1H3. The Kier molecular flexibility index (Phi) is 4.68. The number of hydrogen-bond donors (Lipinski definition) is 0. The van der Waals surface area contributed by atoms with Gasteiger partial charge < -0.3 is 14.4 Å². The van der Waals surface area contributed by atoms with Crippen molar-refractivity contribution >= 4 is 5.91 Å². The summed E-state index contributed by atoms with van der Waals surface area (Å²) in [5.74, 6) is -0.267. The summed E-state index contributed by atoms with van der Waals surface area (Å²) in [6.07, 6.45) is 1.40. The molecule has 19 heavy (non-hydrogen) atoms. The van der Waals surface area contributed by atoms with Gasteiger partial charge >= 0.3 is 0 Å². The molecule has 0 unspecified atom stereocenters. The third-order valence-electron chi connectivity index (χ3n) is 3.04. The molecule has 1 fully saturated rings. The van der Waals surface area contributed by atoms with Gasteiger partial charge in [0.2, 0.25) is 17.7 Å². The van der Waals surface area contributed by atoms with Gasteiger partial charge in [-0.25, -0.2) is 0 Å². The maximum atomic E-state index is 12.9. The SMILES string of the molecule is COCC(=O)N1CCC(Oc2cccc(F)n2)CC1. The molecule has 1 aliphatic rings. The molecule has 1 saturated heterocycles. The predicted octanol–water partition coefficient (Wildman–Crippen LogP) is 1.24. The van der Waals surface area contributed by atoms with E-state index in [0.29, 0.717) is 31.8 Å². The van der Waals surface area contributed by atoms with Crippen LogP contribution in [0.25, 0.3) is 0 Å². The molecular weight excluding hydrogens is 251 g/mol. The number of aromatic nitrogens is 1. The summed E-state index contributed by atoms with van der Waals surface area (Å²) in [5, 5.41) is 0. The molecule has 0 saturated carbocycles. The predicted molar refractivity (Wildman–Crippen MR) is 66.3 cm³/mol. The summed E-state index contributed by atoms with van der Waals surface area (Å²) in [4.78, 5) is 17.0. The van der Waals surface area contributed by atoms with Gasteiger partial charge in [0, 0.05) is 39.1 Å². The van der Waals surface area contributed by atoms with Crippen LogP contribution in [-0.2, 0) is 9.53 Å². The normalized spacial score (nSPS) is 16.4. The number of likely N-dealkylation sites (tertiary alicyclic amines) is 1. The van der Waals surface area contributed by atoms with E-state index in [9.17, 15) is 9.18 Å². The number of rotatable bonds is 4. The minimum absolute atomic E-state index is 0.00942. The third kappa shape index (κ3) is 3.89. The topological polar surface area (TPSA) is 51.7 Å². The molecule has 1 aromatic heterocycles. The number of nitrogens with zero attached hydrogens (tertiary/aromatic N) is 2. The Morgan fingerprint density at radius 2 is 2.21 bits per heavy atom. The fraction of sp³-hybridized carbons (Fsp3) is 0.538. The minimum atomic E-state index is -0.551. The molecule has 0 aromatic carbocycles. The summed E-state index contributed by atoms with van der Waals surface area (Å²) < 4.78 is 23.3. The Morgan fingerprint density at radius 3 is 2.84 bits per heavy atom. The summed E-state index contributed by atoms with van der Waals surface area (Å²) in [6, 6.07) is 4.47. The smallest absolute Gasteiger partial charge is 0.248 e. The van der Waals surface area contributed by atoms with Gasteiger partial charge in [-0.3, -0.25) is 4.79 Å². The maximum absolute atomic E-state index is 12.9. The number of carbonyl (C=O) groups is 1. The van der Waals surface area contributed by atoms with Crippen LogP contribution in [0.1, 0.15) is 12.8 Å². The quantitative estimate of drug-likeness (QED) is 0.771. The van der Waals surface area contributed by atoms with E-state index in [0.717, 1.165) is 0 Å². The summed E-state index contributed by atoms with van der Waals surface area (Å²) in [5.41, 5.74) is 0. The van der Waals surface area contributed by atoms with Crippen molar-refractivity contribution in [2.45, 2.75) is 18.9 Å². The van der Waals surface area contributed by atoms with Crippen LogP contribution in [0.5, 0.6) is 5.88 Å². The van der Waals surface area contributed by atoms with Crippen LogP contribution < -0.4 is 4.74 Å². The molecule has 0 bridgehead atoms. The number of pyridine rings is 1. The second kappa shape index (κ2) is 6.47. The number of amides is 1. The molecule has 1 aromatic rings. The van der Waals surface area contributed by atoms with Crippen LogP contribution in [0.4, 0.5) is 4.39 Å². The first-order chi connectivity index (χ1) is 9.19. The molecule has 1 amide bonds. The zero-order valence-corrected chi connectivity index (χ0v) is 10.8. The fourth-order valence-electron chi connectivity index (χ4n) is 2.06. The Balaban J connectivity index is 1.82. The largest absolute Gasteiger partial charge is 0.474 e. The molecule has 5 nitrogen and oxygen atoms in total. The van der Waals surface area contributed by atoms with E-state index in [4.69, 9.17) is 9.47 Å². The molecular formula is C13H17FN2O3. The van der Waals surface area contributed by atoms with Crippen LogP contribution in [0, 0.1) is 5.95 Å². The number of halogens is 1. The molecule has 0 aliphatic carbocycles. The van der Waals surface area contributed by atoms with E-state index < -0.39 is 5.95 Å². The number of hydrogen-bond acceptors (Lipinski definition) is 4. The maximum Gasteiger partial charge on any atom is 0.248 e. The van der Waals surface area contributed by atoms with Crippen LogP contribution in [-0.4, -0.2) is 48.7 Å². The first-order valence-electron chi connectivity index (χ1n) is 6.25. The Morgan fingerprint density at radius 1 is 1.47 bits per heavy atom. The van der Waals surface area contributed by atoms with Crippen LogP contribution in [0.3, 0.4) is 0 Å². The van der Waals surface area contributed by atoms with E-state index in [1.54, 1.807) is 17.0 Å². The molecule has 2 heterocycles. The second-order valence-corrected chi connectivity index (χ2v) is 4.43. The molecule has 6 heteroatoms. The van der Waals surface area contributed by atoms with E-state index in [1.165, 1.54) is 13.2 Å². The van der Waals surface area contributed by atoms with Gasteiger partial charge in [0.15, 0.2) is 0 Å². The monoisotopic (exact) mass is 268 g/mol. The van der Waals surface area contributed by atoms with Gasteiger partial charge in [-0.15, -0.1) is 0 Å². The number of methoxy groups -OCH3 is 1. The number of ether oxygens (including phenoxy) is 2. The second-order valence-electron chi connectivity index (χ2n) is 4.43. The lowest BCUT2D eigenvalue weighted by Crippen LogP contribution is -2.43. The summed E-state index contributed by atoms with van der Waals surface area (Å²) >= 11 is 0. The van der Waals surface area contributed by atoms with Crippen molar-refractivity contribution in [3.63, 3.8) is 0 Å². The lowest BCUT2D eigenvalue weighted by molar-refractivity contribution is -0.136. The lowest BCUT2D eigenvalue weighted by atomic mass is 10.1. The Bertz CT molecular complexity index is 434. The van der Waals surface area contributed by atoms with Crippen LogP contribution in [0.2, 0.25) is 0 Å². The molecule has 2 rings (SSSR count). The van der Waals surface area contributed by atoms with Gasteiger partial charge in [0.05, 0.1) is 0 Å². The molecule has 0 radical (unpaired) electrons. The highest BCUT2D eigenvalue weighted by Crippen LogP contribution is 2.17. The van der Waals surface area contributed by atoms with Crippen molar-refractivity contribution in [3.8, 4) is 5.88 Å². The van der Waals surface area contributed by atoms with Gasteiger partial charge in [0.1, 0.15) is 12.7 Å². The summed E-state index contributed by atoms with van der Waals surface area (Å²) in [7, 11) is 1.50. The van der Waals surface area contributed by atoms with E-state index in [-0.39, 0.29) is 18.6 Å². The van der Waals surface area contributed by atoms with Gasteiger partial charge in [-0.1, -0.05) is 6.07 Å². The third-order valence-corrected chi connectivity index (χ3v) is 3.04. The zero-order valence-electron chi connectivity index (χ0n) is 10.8. The number of piperidine rings is 1. The highest BCUT2D eigenvalue weighted by atomic mass is 19.1. The van der Waals surface area contributed by atoms with Crippen molar-refractivity contribution in [3.05, 3.63) is 24.1 Å². The molecule has 0 atom stereocenters. The van der Waals surface area contributed by atoms with E-state index in [1.807, 2.05) is 0 Å². The first kappa shape index (κ1) is 13.7. The highest BCUT2D eigenvalue weighted by molar-refractivity contribution is 5.77. The Hall–Kier alpha value is -1.69. The molecule has 0 N–H and O–H groups in total. The van der Waals surface area contributed by atoms with Gasteiger partial charge in [0.25, 0.3) is 0 Å². The Labute approximate surface area is 111 Å². The lowest BCUT2D eigenvalue weighted by Gasteiger charge is -2.31. The zero-order chi connectivity index (χ0) is 13.7. The minimum Gasteiger partial charge on any atom is -0.474 e. The molecule has 1 aliphatic heterocycles. The van der Waals surface area contributed by atoms with E-state index >= 15 is 0 Å². The van der Waals surface area contributed by atoms with Crippen molar-refractivity contribution in [1.82, 2.24) is 9.88 Å². The van der Waals surface area contributed by atoms with Crippen molar-refractivity contribution in [2.24, 2.45) is 0 Å². The first-order valence-corrected chi connectivity index (χ1v) is 6.25. The highest BCUT2D eigenvalue weighted by Gasteiger charge is 2.23. The fourth-order valence-corrected chi connectivity index (χ4v) is 2.06. The molecule has 104 valence electrons. The summed E-state index contributed by atoms with van der Waals surface area (Å²) in [6.45, 7) is 1.36. The van der Waals surface area contributed by atoms with Crippen molar-refractivity contribution < 1.29 is 18.7 Å². The van der Waals surface area contributed by atoms with Crippen LogP contribution >= 0.6 is 0 Å².